The second-order valence-corrected chi connectivity index (χ2v) is 3.20. The highest BCUT2D eigenvalue weighted by Crippen LogP contribution is 2.12. The van der Waals surface area contributed by atoms with Gasteiger partial charge in [-0.05, 0) is 18.1 Å². The van der Waals surface area contributed by atoms with Crippen LogP contribution in [-0.4, -0.2) is 11.5 Å². The van der Waals surface area contributed by atoms with Crippen LogP contribution in [0.1, 0.15) is 16.8 Å². The van der Waals surface area contributed by atoms with E-state index in [1.165, 1.54) is 5.56 Å². The Hall–Kier alpha value is -1.09. The molecule has 0 spiro atoms. The molecule has 1 aromatic rings. The topological polar surface area (TPSA) is 44.9 Å². The first-order valence-electron chi connectivity index (χ1n) is 4.20. The predicted octanol–water partition coefficient (Wildman–Crippen LogP) is 0.329. The number of hydrogen-bond donors (Lipinski definition) is 2. The van der Waals surface area contributed by atoms with Gasteiger partial charge in [0.15, 0.2) is 0 Å². The van der Waals surface area contributed by atoms with Crippen molar-refractivity contribution in [1.29, 1.82) is 0 Å². The van der Waals surface area contributed by atoms with Crippen LogP contribution in [0, 0.1) is 6.92 Å². The molecule has 0 bridgehead atoms. The molecule has 3 heteroatoms. The molecule has 0 amide bonds. The number of fused-ring (bicyclic) bond motifs is 1. The van der Waals surface area contributed by atoms with Gasteiger partial charge in [0.1, 0.15) is 0 Å². The molecule has 1 aliphatic heterocycles. The maximum absolute atomic E-state index is 11.1. The lowest BCUT2D eigenvalue weighted by Crippen LogP contribution is -2.27. The van der Waals surface area contributed by atoms with Gasteiger partial charge in [-0.3, -0.25) is 4.79 Å². The minimum absolute atomic E-state index is 0.0214. The molecule has 0 fully saturated rings. The number of hydrogen-bond acceptors (Lipinski definition) is 2. The van der Waals surface area contributed by atoms with Crippen molar-refractivity contribution in [3.8, 4) is 0 Å². The molecule has 64 valence electrons. The third-order valence-corrected chi connectivity index (χ3v) is 2.32. The summed E-state index contributed by atoms with van der Waals surface area (Å²) >= 11 is 0. The van der Waals surface area contributed by atoms with Gasteiger partial charge < -0.3 is 10.3 Å². The molecule has 0 saturated heterocycles. The molecule has 0 saturated carbocycles. The van der Waals surface area contributed by atoms with Gasteiger partial charge in [0, 0.05) is 31.3 Å². The summed E-state index contributed by atoms with van der Waals surface area (Å²) in [7, 11) is 0. The van der Waals surface area contributed by atoms with Crippen LogP contribution < -0.4 is 10.9 Å². The van der Waals surface area contributed by atoms with Crippen LogP contribution >= 0.6 is 0 Å². The molecular weight excluding hydrogens is 152 g/mol. The molecule has 0 radical (unpaired) electrons. The summed E-state index contributed by atoms with van der Waals surface area (Å²) in [6.45, 7) is 3.84. The molecule has 0 unspecified atom stereocenters. The first kappa shape index (κ1) is 7.55. The summed E-state index contributed by atoms with van der Waals surface area (Å²) < 4.78 is 0. The zero-order valence-electron chi connectivity index (χ0n) is 7.11. The van der Waals surface area contributed by atoms with Crippen LogP contribution in [0.25, 0.3) is 0 Å². The summed E-state index contributed by atoms with van der Waals surface area (Å²) in [5.41, 5.74) is 3.49. The summed E-state index contributed by atoms with van der Waals surface area (Å²) in [6, 6.07) is 1.66. The lowest BCUT2D eigenvalue weighted by molar-refractivity contribution is 0.625. The second kappa shape index (κ2) is 2.75. The van der Waals surface area contributed by atoms with Crippen molar-refractivity contribution in [2.45, 2.75) is 19.9 Å². The Kier molecular flexibility index (Phi) is 1.73. The molecule has 2 rings (SSSR count). The minimum Gasteiger partial charge on any atom is -0.326 e. The first-order valence-corrected chi connectivity index (χ1v) is 4.20. The smallest absolute Gasteiger partial charge is 0.248 e. The zero-order chi connectivity index (χ0) is 8.55. The average Bonchev–Trinajstić information content (AvgIpc) is 2.04. The number of rotatable bonds is 0. The average molecular weight is 164 g/mol. The quantitative estimate of drug-likeness (QED) is 0.580. The fourth-order valence-electron chi connectivity index (χ4n) is 1.67. The molecular formula is C9H12N2O. The maximum atomic E-state index is 11.1. The van der Waals surface area contributed by atoms with Crippen molar-refractivity contribution >= 4 is 0 Å². The Bertz CT molecular complexity index is 354. The molecule has 3 nitrogen and oxygen atoms in total. The lowest BCUT2D eigenvalue weighted by Gasteiger charge is -2.17. The number of nitrogens with one attached hydrogen (secondary N) is 2. The van der Waals surface area contributed by atoms with E-state index >= 15 is 0 Å². The Balaban J connectivity index is 2.60. The van der Waals surface area contributed by atoms with Crippen molar-refractivity contribution in [1.82, 2.24) is 10.3 Å². The molecule has 1 aliphatic rings. The molecule has 0 atom stereocenters. The van der Waals surface area contributed by atoms with Crippen LogP contribution in [0.3, 0.4) is 0 Å². The van der Waals surface area contributed by atoms with E-state index in [1.54, 1.807) is 6.07 Å². The summed E-state index contributed by atoms with van der Waals surface area (Å²) in [6.07, 6.45) is 0.937. The first-order chi connectivity index (χ1) is 5.77. The third-order valence-electron chi connectivity index (χ3n) is 2.32. The van der Waals surface area contributed by atoms with E-state index in [0.717, 1.165) is 30.8 Å². The van der Waals surface area contributed by atoms with Crippen molar-refractivity contribution in [3.63, 3.8) is 0 Å². The van der Waals surface area contributed by atoms with Gasteiger partial charge in [-0.1, -0.05) is 0 Å². The Morgan fingerprint density at radius 1 is 1.50 bits per heavy atom. The summed E-state index contributed by atoms with van der Waals surface area (Å²) in [4.78, 5) is 14.0. The van der Waals surface area contributed by atoms with Crippen molar-refractivity contribution in [2.75, 3.05) is 6.54 Å². The van der Waals surface area contributed by atoms with E-state index in [-0.39, 0.29) is 5.56 Å². The highest BCUT2D eigenvalue weighted by molar-refractivity contribution is 5.30. The number of aromatic amines is 1. The van der Waals surface area contributed by atoms with Gasteiger partial charge in [0.25, 0.3) is 0 Å². The molecule has 0 aromatic carbocycles. The monoisotopic (exact) mass is 164 g/mol. The van der Waals surface area contributed by atoms with Crippen LogP contribution in [-0.2, 0) is 13.0 Å². The normalized spacial score (nSPS) is 15.8. The van der Waals surface area contributed by atoms with Crippen LogP contribution in [0.5, 0.6) is 0 Å². The molecule has 1 aromatic heterocycles. The van der Waals surface area contributed by atoms with Crippen LogP contribution in [0.4, 0.5) is 0 Å². The number of aryl methyl sites for hydroxylation is 1. The fourth-order valence-corrected chi connectivity index (χ4v) is 1.67. The summed E-state index contributed by atoms with van der Waals surface area (Å²) in [5, 5.41) is 3.28. The van der Waals surface area contributed by atoms with E-state index in [2.05, 4.69) is 10.3 Å². The third kappa shape index (κ3) is 1.16. The van der Waals surface area contributed by atoms with E-state index < -0.39 is 0 Å². The second-order valence-electron chi connectivity index (χ2n) is 3.20. The largest absolute Gasteiger partial charge is 0.326 e. The lowest BCUT2D eigenvalue weighted by atomic mass is 10.0. The minimum atomic E-state index is 0.0214. The van der Waals surface area contributed by atoms with Gasteiger partial charge in [-0.25, -0.2) is 0 Å². The van der Waals surface area contributed by atoms with Gasteiger partial charge >= 0.3 is 0 Å². The van der Waals surface area contributed by atoms with Crippen molar-refractivity contribution in [3.05, 3.63) is 33.2 Å². The van der Waals surface area contributed by atoms with Gasteiger partial charge in [0.05, 0.1) is 0 Å². The fraction of sp³-hybridized carbons (Fsp3) is 0.444. The summed E-state index contributed by atoms with van der Waals surface area (Å²) in [5.74, 6) is 0. The van der Waals surface area contributed by atoms with Crippen LogP contribution in [0.15, 0.2) is 10.9 Å². The standard InChI is InChI=1S/C9H12N2O/c1-6-4-9(12)11-8-2-3-10-5-7(6)8/h4,10H,2-3,5H2,1H3,(H,11,12). The number of aromatic nitrogens is 1. The van der Waals surface area contributed by atoms with E-state index in [1.807, 2.05) is 6.92 Å². The molecule has 2 heterocycles. The molecule has 2 N–H and O–H groups in total. The maximum Gasteiger partial charge on any atom is 0.248 e. The number of H-pyrrole nitrogens is 1. The van der Waals surface area contributed by atoms with E-state index in [0.29, 0.717) is 0 Å². The van der Waals surface area contributed by atoms with E-state index in [9.17, 15) is 4.79 Å². The van der Waals surface area contributed by atoms with Gasteiger partial charge in [-0.15, -0.1) is 0 Å². The van der Waals surface area contributed by atoms with Crippen molar-refractivity contribution in [2.24, 2.45) is 0 Å². The molecule has 0 aliphatic carbocycles. The van der Waals surface area contributed by atoms with Gasteiger partial charge in [0.2, 0.25) is 5.56 Å². The van der Waals surface area contributed by atoms with Crippen molar-refractivity contribution < 1.29 is 0 Å². The Labute approximate surface area is 70.8 Å². The highest BCUT2D eigenvalue weighted by Gasteiger charge is 2.11. The molecule has 12 heavy (non-hydrogen) atoms. The number of pyridine rings is 1. The zero-order valence-corrected chi connectivity index (χ0v) is 7.11. The predicted molar refractivity (Wildman–Crippen MR) is 47.2 cm³/mol. The van der Waals surface area contributed by atoms with Crippen LogP contribution in [0.2, 0.25) is 0 Å². The highest BCUT2D eigenvalue weighted by atomic mass is 16.1. The Morgan fingerprint density at radius 3 is 3.17 bits per heavy atom. The van der Waals surface area contributed by atoms with Gasteiger partial charge in [-0.2, -0.15) is 0 Å². The Morgan fingerprint density at radius 2 is 2.33 bits per heavy atom. The SMILES string of the molecule is Cc1cc(=O)[nH]c2c1CNCC2. The van der Waals surface area contributed by atoms with E-state index in [4.69, 9.17) is 0 Å².